The van der Waals surface area contributed by atoms with Gasteiger partial charge in [-0.05, 0) is 63.9 Å². The number of nitrogens with two attached hydrogens (primary N) is 1. The zero-order chi connectivity index (χ0) is 26.0. The van der Waals surface area contributed by atoms with Gasteiger partial charge in [0.1, 0.15) is 23.2 Å². The highest BCUT2D eigenvalue weighted by Crippen LogP contribution is 2.37. The Morgan fingerprint density at radius 1 is 1.20 bits per heavy atom. The number of nitrogens with zero attached hydrogens (tertiary/aromatic N) is 4. The maximum Gasteiger partial charge on any atom is 0.416 e. The van der Waals surface area contributed by atoms with Crippen molar-refractivity contribution in [1.29, 1.82) is 0 Å². The Labute approximate surface area is 199 Å². The molecule has 1 aliphatic heterocycles. The van der Waals surface area contributed by atoms with Crippen molar-refractivity contribution in [2.24, 2.45) is 0 Å². The molecule has 0 bridgehead atoms. The molecule has 1 amide bonds. The van der Waals surface area contributed by atoms with Crippen LogP contribution in [-0.2, 0) is 10.9 Å². The van der Waals surface area contributed by atoms with Crippen molar-refractivity contribution in [2.45, 2.75) is 51.6 Å². The van der Waals surface area contributed by atoms with Crippen LogP contribution in [0.5, 0.6) is 5.75 Å². The Kier molecular flexibility index (Phi) is 7.41. The number of phenols is 1. The van der Waals surface area contributed by atoms with Gasteiger partial charge in [-0.25, -0.2) is 9.18 Å². The second-order valence-electron chi connectivity index (χ2n) is 9.07. The summed E-state index contributed by atoms with van der Waals surface area (Å²) in [6.07, 6.45) is -2.90. The highest BCUT2D eigenvalue weighted by Gasteiger charge is 2.31. The molecule has 0 aliphatic carbocycles. The molecule has 1 unspecified atom stereocenters. The van der Waals surface area contributed by atoms with Crippen molar-refractivity contribution in [3.8, 4) is 17.0 Å². The number of aromatic hydroxyl groups is 1. The van der Waals surface area contributed by atoms with Crippen molar-refractivity contribution >= 4 is 17.6 Å². The summed E-state index contributed by atoms with van der Waals surface area (Å²) in [5.41, 5.74) is 5.16. The van der Waals surface area contributed by atoms with Crippen LogP contribution in [0.4, 0.5) is 28.3 Å². The number of likely N-dealkylation sites (tertiary alicyclic amines) is 1. The van der Waals surface area contributed by atoms with Gasteiger partial charge in [-0.15, -0.1) is 10.2 Å². The topological polar surface area (TPSA) is 106 Å². The third-order valence-corrected chi connectivity index (χ3v) is 5.09. The van der Waals surface area contributed by atoms with Gasteiger partial charge in [0.2, 0.25) is 5.95 Å². The lowest BCUT2D eigenvalue weighted by Crippen LogP contribution is -2.43. The van der Waals surface area contributed by atoms with Gasteiger partial charge in [0, 0.05) is 18.3 Å². The standard InChI is InChI=1S/C13H9F3N4O.C10H18FNO2/c14-13(15,16)7-3-4-8(10(21)6-7)11-9-2-1-5-20(9)12(17)19-18-11;1-10(2,3)14-9(13)12-6-4-5-8(11)7-12/h1-6,21H,(H2,17,19);8H,4-7H2,1-3H3. The molecule has 12 heteroatoms. The molecule has 1 saturated heterocycles. The van der Waals surface area contributed by atoms with Crippen molar-refractivity contribution < 1.29 is 32.2 Å². The number of benzene rings is 1. The fourth-order valence-corrected chi connectivity index (χ4v) is 3.49. The molecular formula is C23H27F4N5O3. The van der Waals surface area contributed by atoms with Crippen LogP contribution in [0.25, 0.3) is 16.8 Å². The number of ether oxygens (including phenoxy) is 1. The number of alkyl halides is 4. The highest BCUT2D eigenvalue weighted by atomic mass is 19.4. The summed E-state index contributed by atoms with van der Waals surface area (Å²) in [4.78, 5) is 12.9. The van der Waals surface area contributed by atoms with Crippen LogP contribution in [-0.4, -0.2) is 55.6 Å². The monoisotopic (exact) mass is 497 g/mol. The molecule has 1 aromatic carbocycles. The van der Waals surface area contributed by atoms with Crippen molar-refractivity contribution in [1.82, 2.24) is 19.5 Å². The number of hydrogen-bond donors (Lipinski definition) is 2. The predicted octanol–water partition coefficient (Wildman–Crippen LogP) is 5.06. The number of phenolic OH excluding ortho intramolecular Hbond substituents is 1. The maximum atomic E-state index is 13.0. The fraction of sp³-hybridized carbons (Fsp3) is 0.435. The van der Waals surface area contributed by atoms with Crippen LogP contribution in [0.15, 0.2) is 36.5 Å². The Hall–Kier alpha value is -3.57. The molecule has 1 aliphatic rings. The number of piperidine rings is 1. The first-order valence-corrected chi connectivity index (χ1v) is 10.9. The number of amides is 1. The maximum absolute atomic E-state index is 13.0. The summed E-state index contributed by atoms with van der Waals surface area (Å²) in [6.45, 7) is 6.20. The fourth-order valence-electron chi connectivity index (χ4n) is 3.49. The van der Waals surface area contributed by atoms with Gasteiger partial charge in [0.25, 0.3) is 0 Å². The molecule has 2 aromatic heterocycles. The van der Waals surface area contributed by atoms with E-state index in [4.69, 9.17) is 10.5 Å². The number of fused-ring (bicyclic) bond motifs is 1. The van der Waals surface area contributed by atoms with Crippen molar-refractivity contribution in [3.63, 3.8) is 0 Å². The zero-order valence-electron chi connectivity index (χ0n) is 19.5. The van der Waals surface area contributed by atoms with E-state index in [1.54, 1.807) is 18.3 Å². The molecule has 3 heterocycles. The van der Waals surface area contributed by atoms with Gasteiger partial charge in [0.15, 0.2) is 0 Å². The number of halogens is 4. The van der Waals surface area contributed by atoms with E-state index in [9.17, 15) is 27.5 Å². The molecule has 35 heavy (non-hydrogen) atoms. The number of rotatable bonds is 1. The van der Waals surface area contributed by atoms with Gasteiger partial charge in [0.05, 0.1) is 17.6 Å². The number of carbonyl (C=O) groups excluding carboxylic acids is 1. The van der Waals surface area contributed by atoms with Crippen LogP contribution in [0.3, 0.4) is 0 Å². The van der Waals surface area contributed by atoms with E-state index in [1.165, 1.54) is 9.30 Å². The minimum absolute atomic E-state index is 0.144. The summed E-state index contributed by atoms with van der Waals surface area (Å²) >= 11 is 0. The quantitative estimate of drug-likeness (QED) is 0.456. The molecule has 1 fully saturated rings. The van der Waals surface area contributed by atoms with Gasteiger partial charge >= 0.3 is 12.3 Å². The van der Waals surface area contributed by atoms with Gasteiger partial charge in [-0.3, -0.25) is 4.40 Å². The van der Waals surface area contributed by atoms with E-state index in [0.717, 1.165) is 18.6 Å². The van der Waals surface area contributed by atoms with Crippen LogP contribution in [0, 0.1) is 0 Å². The number of hydrogen-bond acceptors (Lipinski definition) is 6. The lowest BCUT2D eigenvalue weighted by Gasteiger charge is -2.31. The van der Waals surface area contributed by atoms with E-state index in [-0.39, 0.29) is 23.8 Å². The van der Waals surface area contributed by atoms with Gasteiger partial charge < -0.3 is 20.5 Å². The average Bonchev–Trinajstić information content (AvgIpc) is 3.24. The van der Waals surface area contributed by atoms with E-state index < -0.39 is 35.4 Å². The van der Waals surface area contributed by atoms with Crippen molar-refractivity contribution in [2.75, 3.05) is 18.8 Å². The number of nitrogen functional groups attached to an aromatic ring is 1. The Balaban J connectivity index is 0.000000214. The summed E-state index contributed by atoms with van der Waals surface area (Å²) in [5.74, 6) is -0.378. The third kappa shape index (κ3) is 6.52. The Morgan fingerprint density at radius 2 is 1.91 bits per heavy atom. The summed E-state index contributed by atoms with van der Waals surface area (Å²) in [5, 5.41) is 17.5. The first-order valence-electron chi connectivity index (χ1n) is 10.9. The minimum atomic E-state index is -4.52. The summed E-state index contributed by atoms with van der Waals surface area (Å²) < 4.78 is 57.4. The summed E-state index contributed by atoms with van der Waals surface area (Å²) in [6, 6.07) is 6.07. The smallest absolute Gasteiger partial charge is 0.416 e. The largest absolute Gasteiger partial charge is 0.507 e. The molecule has 8 nitrogen and oxygen atoms in total. The predicted molar refractivity (Wildman–Crippen MR) is 121 cm³/mol. The first-order chi connectivity index (χ1) is 16.3. The van der Waals surface area contributed by atoms with E-state index in [2.05, 4.69) is 10.2 Å². The molecule has 0 radical (unpaired) electrons. The van der Waals surface area contributed by atoms with Crippen molar-refractivity contribution in [3.05, 3.63) is 42.1 Å². The number of anilines is 1. The molecule has 190 valence electrons. The second kappa shape index (κ2) is 9.96. The number of carbonyl (C=O) groups is 1. The minimum Gasteiger partial charge on any atom is -0.507 e. The molecule has 3 aromatic rings. The van der Waals surface area contributed by atoms with E-state index in [1.807, 2.05) is 20.8 Å². The van der Waals surface area contributed by atoms with Crippen LogP contribution >= 0.6 is 0 Å². The Morgan fingerprint density at radius 3 is 2.51 bits per heavy atom. The normalized spacial score (nSPS) is 16.5. The average molecular weight is 497 g/mol. The molecule has 0 saturated carbocycles. The highest BCUT2D eigenvalue weighted by molar-refractivity contribution is 5.81. The lowest BCUT2D eigenvalue weighted by molar-refractivity contribution is -0.137. The number of aromatic nitrogens is 3. The molecule has 0 spiro atoms. The van der Waals surface area contributed by atoms with E-state index >= 15 is 0 Å². The second-order valence-corrected chi connectivity index (χ2v) is 9.07. The zero-order valence-corrected chi connectivity index (χ0v) is 19.5. The van der Waals surface area contributed by atoms with Gasteiger partial charge in [-0.1, -0.05) is 0 Å². The molecule has 1 atom stereocenters. The molecule has 4 rings (SSSR count). The SMILES string of the molecule is CC(C)(C)OC(=O)N1CCCC(F)C1.Nc1nnc(-c2ccc(C(F)(F)F)cc2O)c2cccn12. The van der Waals surface area contributed by atoms with Crippen LogP contribution in [0.2, 0.25) is 0 Å². The summed E-state index contributed by atoms with van der Waals surface area (Å²) in [7, 11) is 0. The third-order valence-electron chi connectivity index (χ3n) is 5.09. The Bertz CT molecular complexity index is 1190. The van der Waals surface area contributed by atoms with Gasteiger partial charge in [-0.2, -0.15) is 13.2 Å². The first kappa shape index (κ1) is 26.0. The molecular weight excluding hydrogens is 470 g/mol. The van der Waals surface area contributed by atoms with Crippen LogP contribution in [0.1, 0.15) is 39.2 Å². The van der Waals surface area contributed by atoms with Crippen LogP contribution < -0.4 is 5.73 Å². The van der Waals surface area contributed by atoms with E-state index in [0.29, 0.717) is 24.5 Å². The lowest BCUT2D eigenvalue weighted by atomic mass is 10.1. The molecule has 3 N–H and O–H groups in total.